The van der Waals surface area contributed by atoms with E-state index in [9.17, 15) is 0 Å². The molecule has 18 heavy (non-hydrogen) atoms. The largest absolute Gasteiger partial charge is 0.313 e. The molecule has 3 heteroatoms. The summed E-state index contributed by atoms with van der Waals surface area (Å²) in [7, 11) is 0. The Kier molecular flexibility index (Phi) is 5.46. The number of rotatable bonds is 4. The van der Waals surface area contributed by atoms with E-state index in [0.29, 0.717) is 6.04 Å². The van der Waals surface area contributed by atoms with Crippen LogP contribution in [0.25, 0.3) is 0 Å². The molecule has 106 valence electrons. The molecule has 0 aromatic carbocycles. The van der Waals surface area contributed by atoms with Gasteiger partial charge >= 0.3 is 0 Å². The van der Waals surface area contributed by atoms with Crippen molar-refractivity contribution >= 4 is 0 Å². The molecule has 1 heterocycles. The zero-order chi connectivity index (χ0) is 13.0. The molecule has 2 rings (SSSR count). The van der Waals surface area contributed by atoms with E-state index < -0.39 is 0 Å². The van der Waals surface area contributed by atoms with Crippen LogP contribution in [0.1, 0.15) is 46.5 Å². The maximum Gasteiger partial charge on any atom is 0.0250 e. The van der Waals surface area contributed by atoms with Gasteiger partial charge < -0.3 is 5.32 Å². The van der Waals surface area contributed by atoms with Gasteiger partial charge in [-0.3, -0.25) is 9.80 Å². The van der Waals surface area contributed by atoms with E-state index in [0.717, 1.165) is 18.6 Å². The summed E-state index contributed by atoms with van der Waals surface area (Å²) in [5.41, 5.74) is 0. The lowest BCUT2D eigenvalue weighted by atomic mass is 9.88. The minimum Gasteiger partial charge on any atom is -0.313 e. The van der Waals surface area contributed by atoms with Gasteiger partial charge in [-0.25, -0.2) is 0 Å². The first-order valence-corrected chi connectivity index (χ1v) is 7.94. The normalized spacial score (nSPS) is 32.0. The maximum atomic E-state index is 3.71. The smallest absolute Gasteiger partial charge is 0.0250 e. The lowest BCUT2D eigenvalue weighted by molar-refractivity contribution is 0.0499. The van der Waals surface area contributed by atoms with Crippen molar-refractivity contribution in [3.8, 4) is 0 Å². The minimum absolute atomic E-state index is 0.711. The van der Waals surface area contributed by atoms with E-state index in [-0.39, 0.29) is 0 Å². The zero-order valence-electron chi connectivity index (χ0n) is 12.5. The number of hydrogen-bond acceptors (Lipinski definition) is 3. The summed E-state index contributed by atoms with van der Waals surface area (Å²) in [5.74, 6) is 0. The quantitative estimate of drug-likeness (QED) is 0.826. The molecule has 1 saturated carbocycles. The van der Waals surface area contributed by atoms with Crippen LogP contribution in [0, 0.1) is 0 Å². The van der Waals surface area contributed by atoms with Crippen molar-refractivity contribution in [1.82, 2.24) is 15.1 Å². The van der Waals surface area contributed by atoms with Gasteiger partial charge in [0.2, 0.25) is 0 Å². The van der Waals surface area contributed by atoms with Gasteiger partial charge in [0.1, 0.15) is 0 Å². The fourth-order valence-electron chi connectivity index (χ4n) is 3.63. The molecule has 0 aromatic heterocycles. The molecular formula is C15H31N3. The van der Waals surface area contributed by atoms with Crippen molar-refractivity contribution in [3.63, 3.8) is 0 Å². The van der Waals surface area contributed by atoms with Crippen LogP contribution in [0.4, 0.5) is 0 Å². The van der Waals surface area contributed by atoms with Crippen LogP contribution in [0.15, 0.2) is 0 Å². The molecule has 2 atom stereocenters. The average molecular weight is 253 g/mol. The highest BCUT2D eigenvalue weighted by atomic mass is 15.3. The van der Waals surface area contributed by atoms with Gasteiger partial charge in [-0.05, 0) is 33.2 Å². The van der Waals surface area contributed by atoms with Gasteiger partial charge in [0.25, 0.3) is 0 Å². The SMILES string of the molecule is CCNC1CCCCC1N1CCN(C(C)C)CC1. The summed E-state index contributed by atoms with van der Waals surface area (Å²) in [4.78, 5) is 5.37. The molecule has 0 bridgehead atoms. The van der Waals surface area contributed by atoms with Crippen LogP contribution < -0.4 is 5.32 Å². The van der Waals surface area contributed by atoms with E-state index in [4.69, 9.17) is 0 Å². The summed E-state index contributed by atoms with van der Waals surface area (Å²) in [5, 5.41) is 3.71. The van der Waals surface area contributed by atoms with Gasteiger partial charge in [-0.15, -0.1) is 0 Å². The number of likely N-dealkylation sites (N-methyl/N-ethyl adjacent to an activating group) is 1. The monoisotopic (exact) mass is 253 g/mol. The Bertz CT molecular complexity index is 232. The van der Waals surface area contributed by atoms with Gasteiger partial charge in [0, 0.05) is 44.3 Å². The summed E-state index contributed by atoms with van der Waals surface area (Å²) in [6.07, 6.45) is 5.62. The van der Waals surface area contributed by atoms with Crippen LogP contribution in [0.2, 0.25) is 0 Å². The third-order valence-corrected chi connectivity index (χ3v) is 4.74. The Labute approximate surface area is 113 Å². The third kappa shape index (κ3) is 3.46. The number of hydrogen-bond donors (Lipinski definition) is 1. The topological polar surface area (TPSA) is 18.5 Å². The predicted octanol–water partition coefficient (Wildman–Crippen LogP) is 1.93. The van der Waals surface area contributed by atoms with Crippen LogP contribution in [0.5, 0.6) is 0 Å². The van der Waals surface area contributed by atoms with Gasteiger partial charge in [-0.1, -0.05) is 19.8 Å². The standard InChI is InChI=1S/C15H31N3/c1-4-16-14-7-5-6-8-15(14)18-11-9-17(10-12-18)13(2)3/h13-16H,4-12H2,1-3H3. The Morgan fingerprint density at radius 3 is 2.33 bits per heavy atom. The first kappa shape index (κ1) is 14.3. The van der Waals surface area contributed by atoms with Crippen molar-refractivity contribution in [1.29, 1.82) is 0 Å². The summed E-state index contributed by atoms with van der Waals surface area (Å²) in [6.45, 7) is 13.0. The van der Waals surface area contributed by atoms with Gasteiger partial charge in [0.15, 0.2) is 0 Å². The molecule has 3 nitrogen and oxygen atoms in total. The van der Waals surface area contributed by atoms with E-state index >= 15 is 0 Å². The fourth-order valence-corrected chi connectivity index (χ4v) is 3.63. The van der Waals surface area contributed by atoms with Crippen molar-refractivity contribution in [2.24, 2.45) is 0 Å². The number of piperazine rings is 1. The molecule has 2 unspecified atom stereocenters. The Balaban J connectivity index is 1.86. The van der Waals surface area contributed by atoms with Crippen LogP contribution in [0.3, 0.4) is 0 Å². The second-order valence-electron chi connectivity index (χ2n) is 6.18. The number of nitrogens with zero attached hydrogens (tertiary/aromatic N) is 2. The molecule has 1 aliphatic carbocycles. The molecule has 0 amide bonds. The third-order valence-electron chi connectivity index (χ3n) is 4.74. The van der Waals surface area contributed by atoms with Crippen molar-refractivity contribution in [3.05, 3.63) is 0 Å². The molecule has 2 aliphatic rings. The lowest BCUT2D eigenvalue weighted by Crippen LogP contribution is -2.58. The maximum absolute atomic E-state index is 3.71. The molecule has 2 fully saturated rings. The van der Waals surface area contributed by atoms with E-state index in [1.807, 2.05) is 0 Å². The molecular weight excluding hydrogens is 222 g/mol. The van der Waals surface area contributed by atoms with Crippen molar-refractivity contribution in [2.45, 2.75) is 64.6 Å². The van der Waals surface area contributed by atoms with Crippen LogP contribution in [-0.2, 0) is 0 Å². The average Bonchev–Trinajstić information content (AvgIpc) is 2.40. The second kappa shape index (κ2) is 6.88. The molecule has 1 N–H and O–H groups in total. The first-order chi connectivity index (χ1) is 8.72. The van der Waals surface area contributed by atoms with Crippen molar-refractivity contribution < 1.29 is 0 Å². The van der Waals surface area contributed by atoms with Crippen molar-refractivity contribution in [2.75, 3.05) is 32.7 Å². The Hall–Kier alpha value is -0.120. The summed E-state index contributed by atoms with van der Waals surface area (Å²) >= 11 is 0. The van der Waals surface area contributed by atoms with Crippen LogP contribution >= 0.6 is 0 Å². The summed E-state index contributed by atoms with van der Waals surface area (Å²) < 4.78 is 0. The van der Waals surface area contributed by atoms with Crippen LogP contribution in [-0.4, -0.2) is 60.6 Å². The predicted molar refractivity (Wildman–Crippen MR) is 78.0 cm³/mol. The highest BCUT2D eigenvalue weighted by molar-refractivity contribution is 4.90. The van der Waals surface area contributed by atoms with E-state index in [1.54, 1.807) is 0 Å². The lowest BCUT2D eigenvalue weighted by Gasteiger charge is -2.45. The first-order valence-electron chi connectivity index (χ1n) is 7.94. The fraction of sp³-hybridized carbons (Fsp3) is 1.00. The number of nitrogens with one attached hydrogen (secondary N) is 1. The summed E-state index contributed by atoms with van der Waals surface area (Å²) in [6, 6.07) is 2.26. The molecule has 1 saturated heterocycles. The second-order valence-corrected chi connectivity index (χ2v) is 6.18. The van der Waals surface area contributed by atoms with Gasteiger partial charge in [0.05, 0.1) is 0 Å². The highest BCUT2D eigenvalue weighted by Gasteiger charge is 2.31. The van der Waals surface area contributed by atoms with E-state index in [1.165, 1.54) is 51.9 Å². The minimum atomic E-state index is 0.711. The molecule has 0 aromatic rings. The van der Waals surface area contributed by atoms with Gasteiger partial charge in [-0.2, -0.15) is 0 Å². The molecule has 0 radical (unpaired) electrons. The Morgan fingerprint density at radius 2 is 1.72 bits per heavy atom. The Morgan fingerprint density at radius 1 is 1.06 bits per heavy atom. The zero-order valence-corrected chi connectivity index (χ0v) is 12.5. The highest BCUT2D eigenvalue weighted by Crippen LogP contribution is 2.24. The van der Waals surface area contributed by atoms with E-state index in [2.05, 4.69) is 35.9 Å². The molecule has 0 spiro atoms. The molecule has 1 aliphatic heterocycles.